The lowest BCUT2D eigenvalue weighted by Gasteiger charge is -2.27. The minimum absolute atomic E-state index is 0.154. The predicted octanol–water partition coefficient (Wildman–Crippen LogP) is 1.84. The molecular formula is C17H23BrN6O3. The second kappa shape index (κ2) is 8.22. The highest BCUT2D eigenvalue weighted by Gasteiger charge is 2.27. The van der Waals surface area contributed by atoms with Gasteiger partial charge >= 0.3 is 0 Å². The zero-order chi connectivity index (χ0) is 19.6. The Morgan fingerprint density at radius 2 is 2.07 bits per heavy atom. The van der Waals surface area contributed by atoms with Crippen LogP contribution in [0, 0.1) is 6.92 Å². The molecule has 9 nitrogen and oxygen atoms in total. The van der Waals surface area contributed by atoms with Crippen LogP contribution >= 0.6 is 15.9 Å². The average Bonchev–Trinajstić information content (AvgIpc) is 3.24. The van der Waals surface area contributed by atoms with Crippen LogP contribution in [0.2, 0.25) is 0 Å². The summed E-state index contributed by atoms with van der Waals surface area (Å²) in [6.45, 7) is 8.12. The third-order valence-corrected chi connectivity index (χ3v) is 5.31. The molecule has 2 aromatic rings. The van der Waals surface area contributed by atoms with Crippen molar-refractivity contribution in [2.75, 3.05) is 31.6 Å². The molecule has 146 valence electrons. The zero-order valence-corrected chi connectivity index (χ0v) is 17.2. The maximum Gasteiger partial charge on any atom is 0.274 e. The number of halogens is 1. The van der Waals surface area contributed by atoms with Gasteiger partial charge in [-0.25, -0.2) is 0 Å². The smallest absolute Gasteiger partial charge is 0.274 e. The van der Waals surface area contributed by atoms with Crippen molar-refractivity contribution in [2.24, 2.45) is 0 Å². The standard InChI is InChI=1S/C17H23BrN6O3/c1-4-23-15(17(26)22-5-7-27-8-6-22)14(9-19-23)20-16(25)12(3)24-10-13(18)11(2)21-24/h9-10,12H,4-8H2,1-3H3,(H,20,25). The molecule has 1 aliphatic heterocycles. The van der Waals surface area contributed by atoms with Crippen molar-refractivity contribution in [1.82, 2.24) is 24.5 Å². The third kappa shape index (κ3) is 4.06. The quantitative estimate of drug-likeness (QED) is 0.768. The first kappa shape index (κ1) is 19.6. The average molecular weight is 439 g/mol. The number of rotatable bonds is 5. The Morgan fingerprint density at radius 1 is 1.37 bits per heavy atom. The van der Waals surface area contributed by atoms with Crippen molar-refractivity contribution in [3.8, 4) is 0 Å². The normalized spacial score (nSPS) is 15.6. The summed E-state index contributed by atoms with van der Waals surface area (Å²) in [4.78, 5) is 27.4. The van der Waals surface area contributed by atoms with Crippen LogP contribution in [0.3, 0.4) is 0 Å². The molecule has 2 amide bonds. The monoisotopic (exact) mass is 438 g/mol. The van der Waals surface area contributed by atoms with Crippen molar-refractivity contribution in [3.63, 3.8) is 0 Å². The molecule has 1 atom stereocenters. The highest BCUT2D eigenvalue weighted by Crippen LogP contribution is 2.21. The highest BCUT2D eigenvalue weighted by atomic mass is 79.9. The van der Waals surface area contributed by atoms with Gasteiger partial charge in [0.25, 0.3) is 5.91 Å². The number of morpholine rings is 1. The van der Waals surface area contributed by atoms with Gasteiger partial charge in [-0.15, -0.1) is 0 Å². The minimum atomic E-state index is -0.536. The van der Waals surface area contributed by atoms with Gasteiger partial charge in [0.05, 0.1) is 35.3 Å². The van der Waals surface area contributed by atoms with Crippen molar-refractivity contribution in [2.45, 2.75) is 33.4 Å². The Kier molecular flexibility index (Phi) is 5.95. The summed E-state index contributed by atoms with van der Waals surface area (Å²) in [5.41, 5.74) is 1.60. The van der Waals surface area contributed by atoms with E-state index in [9.17, 15) is 9.59 Å². The Bertz CT molecular complexity index is 820. The molecule has 0 saturated carbocycles. The molecule has 0 radical (unpaired) electrons. The van der Waals surface area contributed by atoms with E-state index in [0.29, 0.717) is 44.2 Å². The number of hydrogen-bond donors (Lipinski definition) is 1. The van der Waals surface area contributed by atoms with E-state index in [1.807, 2.05) is 13.8 Å². The molecule has 0 aromatic carbocycles. The SMILES string of the molecule is CCn1ncc(NC(=O)C(C)n2cc(Br)c(C)n2)c1C(=O)N1CCOCC1. The number of aromatic nitrogens is 4. The molecule has 27 heavy (non-hydrogen) atoms. The number of carbonyl (C=O) groups excluding carboxylic acids is 2. The topological polar surface area (TPSA) is 94.3 Å². The summed E-state index contributed by atoms with van der Waals surface area (Å²) < 4.78 is 9.34. The van der Waals surface area contributed by atoms with E-state index < -0.39 is 6.04 Å². The number of carbonyl (C=O) groups is 2. The number of hydrogen-bond acceptors (Lipinski definition) is 5. The Labute approximate surface area is 165 Å². The summed E-state index contributed by atoms with van der Waals surface area (Å²) in [6, 6.07) is -0.536. The lowest BCUT2D eigenvalue weighted by atomic mass is 10.2. The number of nitrogens with one attached hydrogen (secondary N) is 1. The van der Waals surface area contributed by atoms with Crippen LogP contribution in [0.25, 0.3) is 0 Å². The van der Waals surface area contributed by atoms with Gasteiger partial charge in [0, 0.05) is 25.8 Å². The number of amides is 2. The Morgan fingerprint density at radius 3 is 2.67 bits per heavy atom. The molecule has 0 aliphatic carbocycles. The van der Waals surface area contributed by atoms with Gasteiger partial charge in [-0.2, -0.15) is 10.2 Å². The second-order valence-electron chi connectivity index (χ2n) is 6.33. The molecule has 1 unspecified atom stereocenters. The van der Waals surface area contributed by atoms with E-state index in [4.69, 9.17) is 4.74 Å². The number of ether oxygens (including phenoxy) is 1. The summed E-state index contributed by atoms with van der Waals surface area (Å²) in [6.07, 6.45) is 3.28. The number of aryl methyl sites for hydroxylation is 2. The molecule has 0 spiro atoms. The second-order valence-corrected chi connectivity index (χ2v) is 7.19. The molecular weight excluding hydrogens is 416 g/mol. The van der Waals surface area contributed by atoms with Gasteiger partial charge < -0.3 is 15.0 Å². The largest absolute Gasteiger partial charge is 0.378 e. The van der Waals surface area contributed by atoms with Crippen molar-refractivity contribution in [1.29, 1.82) is 0 Å². The van der Waals surface area contributed by atoms with Gasteiger partial charge in [-0.3, -0.25) is 19.0 Å². The van der Waals surface area contributed by atoms with E-state index in [2.05, 4.69) is 31.4 Å². The summed E-state index contributed by atoms with van der Waals surface area (Å²) in [5, 5.41) is 11.4. The first-order chi connectivity index (χ1) is 12.9. The molecule has 3 heterocycles. The summed E-state index contributed by atoms with van der Waals surface area (Å²) >= 11 is 3.40. The molecule has 2 aromatic heterocycles. The first-order valence-electron chi connectivity index (χ1n) is 8.87. The molecule has 3 rings (SSSR count). The van der Waals surface area contributed by atoms with Gasteiger partial charge in [0.1, 0.15) is 11.7 Å². The lowest BCUT2D eigenvalue weighted by molar-refractivity contribution is -0.119. The fourth-order valence-corrected chi connectivity index (χ4v) is 3.16. The first-order valence-corrected chi connectivity index (χ1v) is 9.66. The van der Waals surface area contributed by atoms with Gasteiger partial charge in [0.15, 0.2) is 0 Å². The highest BCUT2D eigenvalue weighted by molar-refractivity contribution is 9.10. The molecule has 0 bridgehead atoms. The van der Waals surface area contributed by atoms with E-state index in [-0.39, 0.29) is 11.8 Å². The van der Waals surface area contributed by atoms with Crippen molar-refractivity contribution < 1.29 is 14.3 Å². The van der Waals surface area contributed by atoms with Gasteiger partial charge in [-0.1, -0.05) is 0 Å². The van der Waals surface area contributed by atoms with Crippen LogP contribution in [0.1, 0.15) is 36.1 Å². The minimum Gasteiger partial charge on any atom is -0.378 e. The number of anilines is 1. The van der Waals surface area contributed by atoms with E-state index in [0.717, 1.165) is 10.2 Å². The third-order valence-electron chi connectivity index (χ3n) is 4.53. The fourth-order valence-electron chi connectivity index (χ4n) is 2.87. The van der Waals surface area contributed by atoms with Crippen LogP contribution in [-0.2, 0) is 16.1 Å². The zero-order valence-electron chi connectivity index (χ0n) is 15.6. The number of nitrogens with zero attached hydrogens (tertiary/aromatic N) is 5. The van der Waals surface area contributed by atoms with Crippen LogP contribution in [0.15, 0.2) is 16.9 Å². The maximum atomic E-state index is 13.0. The van der Waals surface area contributed by atoms with Crippen LogP contribution in [-0.4, -0.2) is 62.6 Å². The van der Waals surface area contributed by atoms with E-state index in [1.54, 1.807) is 27.4 Å². The Balaban J connectivity index is 1.81. The van der Waals surface area contributed by atoms with Crippen LogP contribution in [0.4, 0.5) is 5.69 Å². The molecule has 1 saturated heterocycles. The van der Waals surface area contributed by atoms with Crippen molar-refractivity contribution in [3.05, 3.63) is 28.3 Å². The lowest BCUT2D eigenvalue weighted by Crippen LogP contribution is -2.42. The summed E-state index contributed by atoms with van der Waals surface area (Å²) in [7, 11) is 0. The predicted molar refractivity (Wildman–Crippen MR) is 103 cm³/mol. The Hall–Kier alpha value is -2.20. The molecule has 1 aliphatic rings. The molecule has 1 fully saturated rings. The van der Waals surface area contributed by atoms with Gasteiger partial charge in [-0.05, 0) is 36.7 Å². The van der Waals surface area contributed by atoms with Crippen LogP contribution in [0.5, 0.6) is 0 Å². The van der Waals surface area contributed by atoms with Gasteiger partial charge in [0.2, 0.25) is 5.91 Å². The maximum absolute atomic E-state index is 13.0. The molecule has 1 N–H and O–H groups in total. The fraction of sp³-hybridized carbons (Fsp3) is 0.529. The van der Waals surface area contributed by atoms with Crippen LogP contribution < -0.4 is 5.32 Å². The van der Waals surface area contributed by atoms with Crippen molar-refractivity contribution >= 4 is 33.4 Å². The van der Waals surface area contributed by atoms with E-state index in [1.165, 1.54) is 6.20 Å². The summed E-state index contributed by atoms with van der Waals surface area (Å²) in [5.74, 6) is -0.421. The molecule has 10 heteroatoms. The van der Waals surface area contributed by atoms with E-state index >= 15 is 0 Å².